The van der Waals surface area contributed by atoms with Crippen molar-refractivity contribution in [2.45, 2.75) is 18.8 Å². The van der Waals surface area contributed by atoms with Crippen molar-refractivity contribution in [1.82, 2.24) is 0 Å². The van der Waals surface area contributed by atoms with Crippen LogP contribution in [-0.4, -0.2) is 39.5 Å². The van der Waals surface area contributed by atoms with Crippen molar-refractivity contribution in [3.8, 4) is 5.75 Å². The summed E-state index contributed by atoms with van der Waals surface area (Å²) in [6.45, 7) is 1.70. The highest BCUT2D eigenvalue weighted by Crippen LogP contribution is 2.36. The second-order valence-electron chi connectivity index (χ2n) is 7.75. The van der Waals surface area contributed by atoms with E-state index >= 15 is 0 Å². The second kappa shape index (κ2) is 10.4. The van der Waals surface area contributed by atoms with Gasteiger partial charge < -0.3 is 14.8 Å². The van der Waals surface area contributed by atoms with Crippen molar-refractivity contribution in [3.63, 3.8) is 0 Å². The molecule has 1 heterocycles. The molecule has 1 amide bonds. The van der Waals surface area contributed by atoms with Gasteiger partial charge in [-0.25, -0.2) is 13.2 Å². The van der Waals surface area contributed by atoms with E-state index in [9.17, 15) is 18.0 Å². The number of fused-ring (bicyclic) bond motifs is 1. The Morgan fingerprint density at radius 1 is 1.09 bits per heavy atom. The molecule has 3 aromatic rings. The van der Waals surface area contributed by atoms with Gasteiger partial charge in [-0.1, -0.05) is 54.1 Å². The number of carbonyl (C=O) groups excluding carboxylic acids is 2. The number of benzene rings is 3. The third kappa shape index (κ3) is 5.58. The van der Waals surface area contributed by atoms with Gasteiger partial charge in [-0.2, -0.15) is 0 Å². The summed E-state index contributed by atoms with van der Waals surface area (Å²) in [6.07, 6.45) is -1.13. The summed E-state index contributed by atoms with van der Waals surface area (Å²) < 4.78 is 38.6. The van der Waals surface area contributed by atoms with Gasteiger partial charge in [0.1, 0.15) is 5.75 Å². The van der Waals surface area contributed by atoms with E-state index in [0.29, 0.717) is 11.3 Å². The number of hydrogen-bond donors (Lipinski definition) is 1. The Morgan fingerprint density at radius 2 is 1.80 bits per heavy atom. The summed E-state index contributed by atoms with van der Waals surface area (Å²) in [7, 11) is -3.82. The molecule has 182 valence electrons. The summed E-state index contributed by atoms with van der Waals surface area (Å²) in [5, 5.41) is 2.79. The number of sulfonamides is 1. The molecule has 10 heteroatoms. The number of hydrogen-bond acceptors (Lipinski definition) is 6. The van der Waals surface area contributed by atoms with Crippen molar-refractivity contribution in [2.24, 2.45) is 0 Å². The molecule has 0 radical (unpaired) electrons. The number of rotatable bonds is 7. The number of anilines is 2. The molecule has 0 saturated heterocycles. The number of para-hydroxylation sites is 2. The fourth-order valence-corrected chi connectivity index (χ4v) is 5.45. The van der Waals surface area contributed by atoms with E-state index in [4.69, 9.17) is 21.1 Å². The van der Waals surface area contributed by atoms with Crippen LogP contribution in [0.25, 0.3) is 0 Å². The monoisotopic (exact) mass is 514 g/mol. The average Bonchev–Trinajstić information content (AvgIpc) is 2.85. The molecule has 4 rings (SSSR count). The van der Waals surface area contributed by atoms with Crippen molar-refractivity contribution >= 4 is 44.9 Å². The van der Waals surface area contributed by atoms with Crippen LogP contribution in [0.5, 0.6) is 5.75 Å². The number of ether oxygens (including phenoxy) is 2. The van der Waals surface area contributed by atoms with E-state index < -0.39 is 28.0 Å². The van der Waals surface area contributed by atoms with Crippen LogP contribution in [0.4, 0.5) is 11.4 Å². The van der Waals surface area contributed by atoms with Gasteiger partial charge in [0.25, 0.3) is 5.91 Å². The first-order valence-electron chi connectivity index (χ1n) is 10.9. The SMILES string of the molecule is CCOC(=O)c1ccc(NC(=O)[C@H]2CN(S(=O)(=O)Cc3ccccc3)c3ccccc3O2)c(Cl)c1. The molecule has 0 aliphatic carbocycles. The molecule has 0 saturated carbocycles. The summed E-state index contributed by atoms with van der Waals surface area (Å²) in [5.74, 6) is -1.05. The molecule has 1 atom stereocenters. The molecule has 1 aliphatic rings. The zero-order valence-corrected chi connectivity index (χ0v) is 20.4. The fourth-order valence-electron chi connectivity index (χ4n) is 3.64. The van der Waals surface area contributed by atoms with Gasteiger partial charge in [0.2, 0.25) is 10.0 Å². The summed E-state index contributed by atoms with van der Waals surface area (Å²) in [5.41, 5.74) is 1.50. The van der Waals surface area contributed by atoms with Gasteiger partial charge >= 0.3 is 5.97 Å². The van der Waals surface area contributed by atoms with E-state index in [0.717, 1.165) is 0 Å². The van der Waals surface area contributed by atoms with Crippen LogP contribution in [0.2, 0.25) is 5.02 Å². The lowest BCUT2D eigenvalue weighted by atomic mass is 10.2. The molecule has 1 N–H and O–H groups in total. The van der Waals surface area contributed by atoms with Crippen LogP contribution in [-0.2, 0) is 25.3 Å². The van der Waals surface area contributed by atoms with Crippen LogP contribution in [0, 0.1) is 0 Å². The van der Waals surface area contributed by atoms with E-state index in [1.54, 1.807) is 55.5 Å². The topological polar surface area (TPSA) is 102 Å². The fraction of sp³-hybridized carbons (Fsp3) is 0.200. The van der Waals surface area contributed by atoms with Crippen molar-refractivity contribution < 1.29 is 27.5 Å². The van der Waals surface area contributed by atoms with Gasteiger partial charge in [-0.15, -0.1) is 0 Å². The maximum atomic E-state index is 13.3. The third-order valence-electron chi connectivity index (χ3n) is 5.29. The quantitative estimate of drug-likeness (QED) is 0.473. The van der Waals surface area contributed by atoms with E-state index in [1.165, 1.54) is 22.5 Å². The molecule has 0 bridgehead atoms. The minimum Gasteiger partial charge on any atom is -0.476 e. The van der Waals surface area contributed by atoms with E-state index in [1.807, 2.05) is 6.07 Å². The minimum atomic E-state index is -3.82. The van der Waals surface area contributed by atoms with Crippen LogP contribution in [0.3, 0.4) is 0 Å². The van der Waals surface area contributed by atoms with Crippen LogP contribution >= 0.6 is 11.6 Å². The predicted molar refractivity (Wildman–Crippen MR) is 133 cm³/mol. The van der Waals surface area contributed by atoms with E-state index in [-0.39, 0.29) is 40.9 Å². The third-order valence-corrected chi connectivity index (χ3v) is 7.32. The van der Waals surface area contributed by atoms with Gasteiger partial charge in [-0.05, 0) is 42.8 Å². The first kappa shape index (κ1) is 24.6. The minimum absolute atomic E-state index is 0.133. The van der Waals surface area contributed by atoms with Gasteiger partial charge in [0, 0.05) is 0 Å². The predicted octanol–water partition coefficient (Wildman–Crippen LogP) is 4.25. The number of esters is 1. The molecule has 0 spiro atoms. The smallest absolute Gasteiger partial charge is 0.338 e. The Kier molecular flexibility index (Phi) is 7.28. The Labute approximate surface area is 208 Å². The first-order valence-corrected chi connectivity index (χ1v) is 12.8. The number of carbonyl (C=O) groups is 2. The Hall–Kier alpha value is -3.56. The molecular formula is C25H23ClN2O6S. The molecule has 0 aromatic heterocycles. The molecule has 1 aliphatic heterocycles. The maximum Gasteiger partial charge on any atom is 0.338 e. The zero-order valence-electron chi connectivity index (χ0n) is 18.8. The summed E-state index contributed by atoms with van der Waals surface area (Å²) in [6, 6.07) is 19.8. The molecule has 8 nitrogen and oxygen atoms in total. The first-order chi connectivity index (χ1) is 16.8. The molecule has 0 unspecified atom stereocenters. The number of halogens is 1. The molecular weight excluding hydrogens is 492 g/mol. The molecule has 35 heavy (non-hydrogen) atoms. The number of nitrogens with one attached hydrogen (secondary N) is 1. The van der Waals surface area contributed by atoms with E-state index in [2.05, 4.69) is 5.32 Å². The second-order valence-corrected chi connectivity index (χ2v) is 10.1. The lowest BCUT2D eigenvalue weighted by Gasteiger charge is -2.34. The van der Waals surface area contributed by atoms with Crippen molar-refractivity contribution in [2.75, 3.05) is 22.8 Å². The maximum absolute atomic E-state index is 13.3. The highest BCUT2D eigenvalue weighted by molar-refractivity contribution is 7.92. The Morgan fingerprint density at radius 3 is 2.51 bits per heavy atom. The number of nitrogens with zero attached hydrogens (tertiary/aromatic N) is 1. The lowest BCUT2D eigenvalue weighted by molar-refractivity contribution is -0.122. The van der Waals surface area contributed by atoms with Crippen LogP contribution in [0.15, 0.2) is 72.8 Å². The lowest BCUT2D eigenvalue weighted by Crippen LogP contribution is -2.49. The summed E-state index contributed by atoms with van der Waals surface area (Å²) in [4.78, 5) is 25.0. The van der Waals surface area contributed by atoms with Gasteiger partial charge in [0.15, 0.2) is 6.10 Å². The van der Waals surface area contributed by atoms with Crippen LogP contribution < -0.4 is 14.4 Å². The van der Waals surface area contributed by atoms with Gasteiger partial charge in [0.05, 0.1) is 40.9 Å². The standard InChI is InChI=1S/C25H23ClN2O6S/c1-2-33-25(30)18-12-13-20(19(26)14-18)27-24(29)23-15-28(21-10-6-7-11-22(21)34-23)35(31,32)16-17-8-4-3-5-9-17/h3-14,23H,2,15-16H2,1H3,(H,27,29)/t23-/m1/s1. The average molecular weight is 515 g/mol. The number of amides is 1. The Bertz CT molecular complexity index is 1350. The zero-order chi connectivity index (χ0) is 25.0. The Balaban J connectivity index is 1.56. The van der Waals surface area contributed by atoms with Crippen molar-refractivity contribution in [1.29, 1.82) is 0 Å². The highest BCUT2D eigenvalue weighted by atomic mass is 35.5. The largest absolute Gasteiger partial charge is 0.476 e. The van der Waals surface area contributed by atoms with Gasteiger partial charge in [-0.3, -0.25) is 9.10 Å². The van der Waals surface area contributed by atoms with Crippen molar-refractivity contribution in [3.05, 3.63) is 88.9 Å². The summed E-state index contributed by atoms with van der Waals surface area (Å²) >= 11 is 6.26. The highest BCUT2D eigenvalue weighted by Gasteiger charge is 2.37. The molecule has 3 aromatic carbocycles. The molecule has 0 fully saturated rings. The van der Waals surface area contributed by atoms with Crippen LogP contribution in [0.1, 0.15) is 22.8 Å². The normalized spacial score (nSPS) is 15.0.